The fraction of sp³-hybridized carbons (Fsp3) is 0.250. The molecular weight excluding hydrogens is 322 g/mol. The van der Waals surface area contributed by atoms with Gasteiger partial charge in [-0.3, -0.25) is 14.5 Å². The van der Waals surface area contributed by atoms with Gasteiger partial charge in [0, 0.05) is 6.54 Å². The van der Waals surface area contributed by atoms with E-state index in [2.05, 4.69) is 6.58 Å². The Kier molecular flexibility index (Phi) is 5.32. The van der Waals surface area contributed by atoms with Crippen molar-refractivity contribution >= 4 is 40.6 Å². The minimum Gasteiger partial charge on any atom is -0.489 e. The van der Waals surface area contributed by atoms with Gasteiger partial charge in [0.25, 0.3) is 11.1 Å². The summed E-state index contributed by atoms with van der Waals surface area (Å²) >= 11 is 7.08. The minimum atomic E-state index is -0.312. The van der Waals surface area contributed by atoms with E-state index in [1.54, 1.807) is 24.3 Å². The van der Waals surface area contributed by atoms with E-state index >= 15 is 0 Å². The molecule has 0 spiro atoms. The number of carbonyl (C=O) groups excluding carboxylic acids is 2. The summed E-state index contributed by atoms with van der Waals surface area (Å²) in [5.41, 5.74) is 0.741. The van der Waals surface area contributed by atoms with Gasteiger partial charge in [-0.15, -0.1) is 6.58 Å². The van der Waals surface area contributed by atoms with Crippen LogP contribution < -0.4 is 4.74 Å². The van der Waals surface area contributed by atoms with Gasteiger partial charge >= 0.3 is 0 Å². The van der Waals surface area contributed by atoms with Crippen LogP contribution >= 0.6 is 23.4 Å². The monoisotopic (exact) mass is 337 g/mol. The lowest BCUT2D eigenvalue weighted by atomic mass is 10.2. The van der Waals surface area contributed by atoms with Crippen LogP contribution in [-0.4, -0.2) is 28.7 Å². The smallest absolute Gasteiger partial charge is 0.293 e. The Labute approximate surface area is 138 Å². The topological polar surface area (TPSA) is 46.6 Å². The van der Waals surface area contributed by atoms with Crippen LogP contribution in [0.2, 0.25) is 5.02 Å². The van der Waals surface area contributed by atoms with Crippen molar-refractivity contribution < 1.29 is 14.3 Å². The van der Waals surface area contributed by atoms with E-state index < -0.39 is 0 Å². The number of hydrogen-bond donors (Lipinski definition) is 0. The Balaban J connectivity index is 2.23. The summed E-state index contributed by atoms with van der Waals surface area (Å²) in [6.45, 7) is 7.59. The Bertz CT molecular complexity index is 655. The van der Waals surface area contributed by atoms with Crippen LogP contribution in [0.25, 0.3) is 6.08 Å². The molecule has 1 aliphatic heterocycles. The first-order valence-corrected chi connectivity index (χ1v) is 7.94. The zero-order valence-electron chi connectivity index (χ0n) is 12.3. The van der Waals surface area contributed by atoms with Crippen LogP contribution in [0, 0.1) is 0 Å². The van der Waals surface area contributed by atoms with Crippen molar-refractivity contribution in [1.82, 2.24) is 4.90 Å². The average molecular weight is 338 g/mol. The molecule has 2 amide bonds. The standard InChI is InChI=1S/C16H16ClNO3S/c1-4-7-18-15(19)14(22-16(18)20)9-11-5-6-13(12(17)8-11)21-10(2)3/h4-6,8-10H,1,7H2,2-3H3. The van der Waals surface area contributed by atoms with E-state index in [0.717, 1.165) is 22.2 Å². The Morgan fingerprint density at radius 1 is 1.41 bits per heavy atom. The van der Waals surface area contributed by atoms with Gasteiger partial charge < -0.3 is 4.74 Å². The molecule has 22 heavy (non-hydrogen) atoms. The molecule has 0 bridgehead atoms. The van der Waals surface area contributed by atoms with Crippen molar-refractivity contribution in [3.05, 3.63) is 46.3 Å². The third-order valence-corrected chi connectivity index (χ3v) is 4.00. The van der Waals surface area contributed by atoms with Gasteiger partial charge in [0.05, 0.1) is 16.0 Å². The number of carbonyl (C=O) groups is 2. The Morgan fingerprint density at radius 2 is 2.14 bits per heavy atom. The van der Waals surface area contributed by atoms with Crippen LogP contribution in [0.5, 0.6) is 5.75 Å². The fourth-order valence-corrected chi connectivity index (χ4v) is 2.98. The largest absolute Gasteiger partial charge is 0.489 e. The third kappa shape index (κ3) is 3.72. The maximum Gasteiger partial charge on any atom is 0.293 e. The number of ether oxygens (including phenoxy) is 1. The molecule has 6 heteroatoms. The first kappa shape index (κ1) is 16.6. The van der Waals surface area contributed by atoms with Gasteiger partial charge in [0.1, 0.15) is 5.75 Å². The number of halogens is 1. The number of imide groups is 1. The second-order valence-corrected chi connectivity index (χ2v) is 6.34. The molecule has 1 aromatic rings. The second-order valence-electron chi connectivity index (χ2n) is 4.94. The molecule has 1 fully saturated rings. The summed E-state index contributed by atoms with van der Waals surface area (Å²) in [6, 6.07) is 5.26. The predicted octanol–water partition coefficient (Wildman–Crippen LogP) is 4.35. The first-order valence-electron chi connectivity index (χ1n) is 6.75. The van der Waals surface area contributed by atoms with Crippen LogP contribution in [0.3, 0.4) is 0 Å². The zero-order valence-corrected chi connectivity index (χ0v) is 13.9. The van der Waals surface area contributed by atoms with E-state index in [9.17, 15) is 9.59 Å². The van der Waals surface area contributed by atoms with E-state index in [0.29, 0.717) is 15.7 Å². The van der Waals surface area contributed by atoms with Crippen LogP contribution in [0.15, 0.2) is 35.8 Å². The van der Waals surface area contributed by atoms with Crippen molar-refractivity contribution in [1.29, 1.82) is 0 Å². The predicted molar refractivity (Wildman–Crippen MR) is 90.1 cm³/mol. The molecule has 1 aromatic carbocycles. The molecule has 0 aliphatic carbocycles. The van der Waals surface area contributed by atoms with Gasteiger partial charge in [-0.2, -0.15) is 0 Å². The molecule has 0 unspecified atom stereocenters. The highest BCUT2D eigenvalue weighted by Gasteiger charge is 2.33. The van der Waals surface area contributed by atoms with E-state index in [4.69, 9.17) is 16.3 Å². The van der Waals surface area contributed by atoms with E-state index in [1.165, 1.54) is 6.08 Å². The quantitative estimate of drug-likeness (QED) is 0.592. The summed E-state index contributed by atoms with van der Waals surface area (Å²) in [7, 11) is 0. The summed E-state index contributed by atoms with van der Waals surface area (Å²) in [5, 5.41) is 0.176. The number of thioether (sulfide) groups is 1. The number of rotatable bonds is 5. The molecule has 0 atom stereocenters. The first-order chi connectivity index (χ1) is 10.4. The Morgan fingerprint density at radius 3 is 2.73 bits per heavy atom. The maximum atomic E-state index is 12.1. The molecule has 0 radical (unpaired) electrons. The lowest BCUT2D eigenvalue weighted by molar-refractivity contribution is -0.122. The molecule has 0 aromatic heterocycles. The maximum absolute atomic E-state index is 12.1. The number of nitrogens with zero attached hydrogens (tertiary/aromatic N) is 1. The van der Waals surface area contributed by atoms with Crippen molar-refractivity contribution in [2.24, 2.45) is 0 Å². The van der Waals surface area contributed by atoms with Crippen LogP contribution in [0.4, 0.5) is 4.79 Å². The molecular formula is C16H16ClNO3S. The fourth-order valence-electron chi connectivity index (χ4n) is 1.89. The Hall–Kier alpha value is -1.72. The molecule has 0 saturated carbocycles. The van der Waals surface area contributed by atoms with Crippen LogP contribution in [-0.2, 0) is 4.79 Å². The lowest BCUT2D eigenvalue weighted by Gasteiger charge is -2.11. The number of amides is 2. The SMILES string of the molecule is C=CCN1C(=O)SC(=Cc2ccc(OC(C)C)c(Cl)c2)C1=O. The normalized spacial score (nSPS) is 16.7. The minimum absolute atomic E-state index is 0.0266. The average Bonchev–Trinajstić information content (AvgIpc) is 2.70. The molecule has 116 valence electrons. The zero-order chi connectivity index (χ0) is 16.3. The second kappa shape index (κ2) is 7.03. The highest BCUT2D eigenvalue weighted by molar-refractivity contribution is 8.18. The lowest BCUT2D eigenvalue weighted by Crippen LogP contribution is -2.27. The third-order valence-electron chi connectivity index (χ3n) is 2.80. The summed E-state index contributed by atoms with van der Waals surface area (Å²) in [6.07, 6.45) is 3.20. The van der Waals surface area contributed by atoms with Crippen molar-refractivity contribution in [2.45, 2.75) is 20.0 Å². The highest BCUT2D eigenvalue weighted by atomic mass is 35.5. The molecule has 1 aliphatic rings. The van der Waals surface area contributed by atoms with Crippen molar-refractivity contribution in [3.63, 3.8) is 0 Å². The summed E-state index contributed by atoms with van der Waals surface area (Å²) < 4.78 is 5.56. The number of benzene rings is 1. The van der Waals surface area contributed by atoms with Gasteiger partial charge in [0.2, 0.25) is 0 Å². The summed E-state index contributed by atoms with van der Waals surface area (Å²) in [4.78, 5) is 25.4. The van der Waals surface area contributed by atoms with Crippen molar-refractivity contribution in [3.8, 4) is 5.75 Å². The molecule has 1 heterocycles. The highest BCUT2D eigenvalue weighted by Crippen LogP contribution is 2.33. The molecule has 0 N–H and O–H groups in total. The molecule has 1 saturated heterocycles. The van der Waals surface area contributed by atoms with Gasteiger partial charge in [-0.25, -0.2) is 0 Å². The molecule has 4 nitrogen and oxygen atoms in total. The molecule has 2 rings (SSSR count). The van der Waals surface area contributed by atoms with Gasteiger partial charge in [0.15, 0.2) is 0 Å². The number of hydrogen-bond acceptors (Lipinski definition) is 4. The van der Waals surface area contributed by atoms with Crippen molar-refractivity contribution in [2.75, 3.05) is 6.54 Å². The van der Waals surface area contributed by atoms with Gasteiger partial charge in [-0.05, 0) is 49.4 Å². The van der Waals surface area contributed by atoms with Crippen LogP contribution in [0.1, 0.15) is 19.4 Å². The van der Waals surface area contributed by atoms with Gasteiger partial charge in [-0.1, -0.05) is 23.7 Å². The van der Waals surface area contributed by atoms with E-state index in [1.807, 2.05) is 13.8 Å². The summed E-state index contributed by atoms with van der Waals surface area (Å²) in [5.74, 6) is 0.280. The van der Waals surface area contributed by atoms with E-state index in [-0.39, 0.29) is 23.8 Å².